The molecule has 0 spiro atoms. The largest absolute Gasteiger partial charge is 0.494 e. The van der Waals surface area contributed by atoms with E-state index < -0.39 is 11.9 Å². The minimum atomic E-state index is -0.903. The molecule has 8 nitrogen and oxygen atoms in total. The Hall–Kier alpha value is -4.40. The second kappa shape index (κ2) is 12.5. The molecule has 3 aromatic rings. The van der Waals surface area contributed by atoms with Crippen LogP contribution in [0, 0.1) is 11.7 Å². The molecule has 1 fully saturated rings. The molecule has 2 heterocycles. The number of esters is 1. The lowest BCUT2D eigenvalue weighted by Crippen LogP contribution is -2.58. The van der Waals surface area contributed by atoms with Crippen LogP contribution in [0.4, 0.5) is 14.9 Å². The Bertz CT molecular complexity index is 1600. The smallest absolute Gasteiger partial charge is 0.320 e. The highest BCUT2D eigenvalue weighted by Crippen LogP contribution is 2.42. The van der Waals surface area contributed by atoms with Gasteiger partial charge >= 0.3 is 12.0 Å². The van der Waals surface area contributed by atoms with Crippen molar-refractivity contribution in [2.75, 3.05) is 31.6 Å². The molecule has 0 saturated carbocycles. The van der Waals surface area contributed by atoms with Crippen LogP contribution in [0.25, 0.3) is 0 Å². The number of hydrogen-bond acceptors (Lipinski definition) is 5. The molecule has 1 atom stereocenters. The van der Waals surface area contributed by atoms with E-state index in [4.69, 9.17) is 9.47 Å². The fourth-order valence-electron chi connectivity index (χ4n) is 6.89. The standard InChI is InChI=1S/C36H40FN3O5/c1-4-44-28-10-11-29-25(18-28)13-15-40(33(29)34(42)38-27-17-26-12-14-36(2,3)32(26)30(37)19-27)35(43)39-20-24(21-39)16-31(41)45-22-23-8-6-5-7-9-23/h5-11,17-19,24,33H,4,12-16,20-22H2,1-3H3,(H,38,42)/t33-/m1/s1. The molecule has 45 heavy (non-hydrogen) atoms. The van der Waals surface area contributed by atoms with Gasteiger partial charge in [-0.3, -0.25) is 9.59 Å². The van der Waals surface area contributed by atoms with E-state index in [2.05, 4.69) is 5.32 Å². The van der Waals surface area contributed by atoms with Crippen LogP contribution in [0.1, 0.15) is 67.5 Å². The number of carbonyl (C=O) groups excluding carboxylic acids is 3. The maximum absolute atomic E-state index is 15.3. The predicted molar refractivity (Wildman–Crippen MR) is 168 cm³/mol. The number of benzene rings is 3. The number of fused-ring (bicyclic) bond motifs is 2. The Kier molecular flexibility index (Phi) is 8.53. The molecule has 6 rings (SSSR count). The lowest BCUT2D eigenvalue weighted by Gasteiger charge is -2.45. The van der Waals surface area contributed by atoms with Crippen LogP contribution in [0.3, 0.4) is 0 Å². The van der Waals surface area contributed by atoms with Gasteiger partial charge in [-0.1, -0.05) is 50.2 Å². The second-order valence-electron chi connectivity index (χ2n) is 12.9. The maximum Gasteiger partial charge on any atom is 0.320 e. The zero-order valence-electron chi connectivity index (χ0n) is 26.1. The van der Waals surface area contributed by atoms with E-state index >= 15 is 4.39 Å². The highest BCUT2D eigenvalue weighted by Gasteiger charge is 2.42. The number of aryl methyl sites for hydroxylation is 1. The Morgan fingerprint density at radius 1 is 1.00 bits per heavy atom. The van der Waals surface area contributed by atoms with Gasteiger partial charge in [-0.2, -0.15) is 0 Å². The van der Waals surface area contributed by atoms with Gasteiger partial charge in [-0.15, -0.1) is 0 Å². The fraction of sp³-hybridized carbons (Fsp3) is 0.417. The van der Waals surface area contributed by atoms with Crippen molar-refractivity contribution in [3.63, 3.8) is 0 Å². The van der Waals surface area contributed by atoms with Crippen LogP contribution in [0.5, 0.6) is 5.75 Å². The van der Waals surface area contributed by atoms with Crippen molar-refractivity contribution in [3.8, 4) is 5.75 Å². The predicted octanol–water partition coefficient (Wildman–Crippen LogP) is 6.17. The van der Waals surface area contributed by atoms with Crippen molar-refractivity contribution >= 4 is 23.6 Å². The minimum absolute atomic E-state index is 0.00559. The average molecular weight is 614 g/mol. The minimum Gasteiger partial charge on any atom is -0.494 e. The SMILES string of the molecule is CCOc1ccc2c(c1)CCN(C(=O)N1CC(CC(=O)OCc3ccccc3)C1)[C@H]2C(=O)Nc1cc(F)c2c(c1)CCC2(C)C. The Morgan fingerprint density at radius 2 is 1.78 bits per heavy atom. The number of halogens is 1. The number of hydrogen-bond donors (Lipinski definition) is 1. The lowest BCUT2D eigenvalue weighted by atomic mass is 9.86. The number of rotatable bonds is 8. The summed E-state index contributed by atoms with van der Waals surface area (Å²) in [5.74, 6) is -0.309. The van der Waals surface area contributed by atoms with Gasteiger partial charge in [-0.25, -0.2) is 9.18 Å². The van der Waals surface area contributed by atoms with Crippen LogP contribution in [-0.2, 0) is 39.2 Å². The first-order chi connectivity index (χ1) is 21.6. The van der Waals surface area contributed by atoms with E-state index in [1.165, 1.54) is 6.07 Å². The van der Waals surface area contributed by atoms with Crippen LogP contribution in [-0.4, -0.2) is 53.9 Å². The zero-order chi connectivity index (χ0) is 31.7. The molecule has 9 heteroatoms. The molecule has 1 saturated heterocycles. The van der Waals surface area contributed by atoms with Gasteiger partial charge in [0.2, 0.25) is 0 Å². The van der Waals surface area contributed by atoms with Crippen molar-refractivity contribution in [2.45, 2.75) is 64.5 Å². The van der Waals surface area contributed by atoms with Crippen molar-refractivity contribution in [1.82, 2.24) is 9.80 Å². The van der Waals surface area contributed by atoms with Crippen LogP contribution >= 0.6 is 0 Å². The monoisotopic (exact) mass is 613 g/mol. The highest BCUT2D eigenvalue weighted by atomic mass is 19.1. The molecule has 236 valence electrons. The molecule has 0 unspecified atom stereocenters. The van der Waals surface area contributed by atoms with Gasteiger partial charge in [0.25, 0.3) is 5.91 Å². The topological polar surface area (TPSA) is 88.2 Å². The number of urea groups is 1. The van der Waals surface area contributed by atoms with Crippen LogP contribution in [0.15, 0.2) is 60.7 Å². The number of anilines is 1. The number of nitrogens with one attached hydrogen (secondary N) is 1. The Morgan fingerprint density at radius 3 is 2.53 bits per heavy atom. The molecule has 0 aromatic heterocycles. The molecular weight excluding hydrogens is 573 g/mol. The maximum atomic E-state index is 15.3. The lowest BCUT2D eigenvalue weighted by molar-refractivity contribution is -0.147. The van der Waals surface area contributed by atoms with E-state index in [1.807, 2.05) is 75.4 Å². The Balaban J connectivity index is 1.16. The van der Waals surface area contributed by atoms with Gasteiger partial charge in [0.15, 0.2) is 0 Å². The number of carbonyl (C=O) groups is 3. The first kappa shape index (κ1) is 30.6. The van der Waals surface area contributed by atoms with Gasteiger partial charge in [0, 0.05) is 31.2 Å². The molecule has 1 aliphatic carbocycles. The number of amides is 3. The summed E-state index contributed by atoms with van der Waals surface area (Å²) in [6.45, 7) is 7.88. The Labute approximate surface area is 263 Å². The number of ether oxygens (including phenoxy) is 2. The molecule has 3 aromatic carbocycles. The van der Waals surface area contributed by atoms with E-state index in [1.54, 1.807) is 9.80 Å². The van der Waals surface area contributed by atoms with E-state index in [-0.39, 0.29) is 42.2 Å². The van der Waals surface area contributed by atoms with E-state index in [9.17, 15) is 14.4 Å². The molecule has 3 amide bonds. The van der Waals surface area contributed by atoms with Crippen molar-refractivity contribution in [1.29, 1.82) is 0 Å². The summed E-state index contributed by atoms with van der Waals surface area (Å²) in [7, 11) is 0. The summed E-state index contributed by atoms with van der Waals surface area (Å²) in [6, 6.07) is 17.2. The van der Waals surface area contributed by atoms with E-state index in [0.717, 1.165) is 35.1 Å². The molecule has 0 bridgehead atoms. The zero-order valence-corrected chi connectivity index (χ0v) is 26.1. The van der Waals surface area contributed by atoms with Gasteiger partial charge in [0.1, 0.15) is 24.2 Å². The molecule has 1 N–H and O–H groups in total. The van der Waals surface area contributed by atoms with E-state index in [0.29, 0.717) is 49.7 Å². The highest BCUT2D eigenvalue weighted by molar-refractivity contribution is 5.98. The summed E-state index contributed by atoms with van der Waals surface area (Å²) >= 11 is 0. The average Bonchev–Trinajstić information content (AvgIpc) is 3.31. The quantitative estimate of drug-likeness (QED) is 0.307. The third kappa shape index (κ3) is 6.39. The molecule has 3 aliphatic rings. The molecule has 0 radical (unpaired) electrons. The van der Waals surface area contributed by atoms with Gasteiger partial charge in [-0.05, 0) is 83.7 Å². The van der Waals surface area contributed by atoms with Gasteiger partial charge < -0.3 is 24.6 Å². The number of nitrogens with zero attached hydrogens (tertiary/aromatic N) is 2. The third-order valence-corrected chi connectivity index (χ3v) is 9.21. The fourth-order valence-corrected chi connectivity index (χ4v) is 6.89. The van der Waals surface area contributed by atoms with Gasteiger partial charge in [0.05, 0.1) is 13.0 Å². The third-order valence-electron chi connectivity index (χ3n) is 9.21. The van der Waals surface area contributed by atoms with Crippen molar-refractivity contribution in [3.05, 3.63) is 94.3 Å². The first-order valence-corrected chi connectivity index (χ1v) is 15.8. The summed E-state index contributed by atoms with van der Waals surface area (Å²) in [5.41, 5.74) is 4.33. The first-order valence-electron chi connectivity index (χ1n) is 15.8. The van der Waals surface area contributed by atoms with Crippen molar-refractivity contribution in [2.24, 2.45) is 5.92 Å². The molecule has 2 aliphatic heterocycles. The normalized spacial score (nSPS) is 18.4. The van der Waals surface area contributed by atoms with Crippen molar-refractivity contribution < 1.29 is 28.2 Å². The van der Waals surface area contributed by atoms with Crippen LogP contribution < -0.4 is 10.1 Å². The summed E-state index contributed by atoms with van der Waals surface area (Å²) in [6.07, 6.45) is 2.39. The summed E-state index contributed by atoms with van der Waals surface area (Å²) in [4.78, 5) is 43.5. The number of likely N-dealkylation sites (tertiary alicyclic amines) is 1. The van der Waals surface area contributed by atoms with Crippen LogP contribution in [0.2, 0.25) is 0 Å². The summed E-state index contributed by atoms with van der Waals surface area (Å²) in [5, 5.41) is 2.93. The molecular formula is C36H40FN3O5. The second-order valence-corrected chi connectivity index (χ2v) is 12.9. The summed E-state index contributed by atoms with van der Waals surface area (Å²) < 4.78 is 26.4.